The molecule has 1 N–H and O–H groups in total. The molecule has 1 aliphatic rings. The summed E-state index contributed by atoms with van der Waals surface area (Å²) in [5.41, 5.74) is 1.92. The number of nitrogens with one attached hydrogen (secondary N) is 1. The highest BCUT2D eigenvalue weighted by atomic mass is 14.9. The minimum absolute atomic E-state index is 0.492. The second-order valence-corrected chi connectivity index (χ2v) is 5.04. The Bertz CT molecular complexity index is 289. The van der Waals surface area contributed by atoms with Crippen molar-refractivity contribution >= 4 is 0 Å². The fourth-order valence-corrected chi connectivity index (χ4v) is 2.23. The molecule has 1 nitrogen and oxygen atoms in total. The molecule has 0 aliphatic carbocycles. The molecular formula is C13H19N. The highest BCUT2D eigenvalue weighted by Crippen LogP contribution is 2.35. The van der Waals surface area contributed by atoms with Crippen LogP contribution in [0.1, 0.15) is 38.3 Å². The van der Waals surface area contributed by atoms with Crippen molar-refractivity contribution in [3.63, 3.8) is 0 Å². The number of piperidine rings is 1. The van der Waals surface area contributed by atoms with Crippen LogP contribution in [0.25, 0.3) is 0 Å². The quantitative estimate of drug-likeness (QED) is 0.715. The van der Waals surface area contributed by atoms with Crippen LogP contribution in [0.15, 0.2) is 30.3 Å². The van der Waals surface area contributed by atoms with Crippen LogP contribution >= 0.6 is 0 Å². The van der Waals surface area contributed by atoms with Crippen LogP contribution in [0, 0.1) is 5.41 Å². The van der Waals surface area contributed by atoms with E-state index >= 15 is 0 Å². The van der Waals surface area contributed by atoms with Crippen LogP contribution in [0.2, 0.25) is 0 Å². The molecule has 76 valence electrons. The van der Waals surface area contributed by atoms with Gasteiger partial charge >= 0.3 is 0 Å². The topological polar surface area (TPSA) is 12.0 Å². The SMILES string of the molecule is CC1(C)CCN[C@H](c2ccccc2)C1. The second kappa shape index (κ2) is 3.74. The van der Waals surface area contributed by atoms with Crippen molar-refractivity contribution in [3.05, 3.63) is 35.9 Å². The molecule has 0 aromatic heterocycles. The van der Waals surface area contributed by atoms with Gasteiger partial charge in [-0.25, -0.2) is 0 Å². The number of rotatable bonds is 1. The molecule has 1 aromatic carbocycles. The van der Waals surface area contributed by atoms with Crippen LogP contribution in [-0.2, 0) is 0 Å². The Hall–Kier alpha value is -0.820. The Morgan fingerprint density at radius 1 is 1.21 bits per heavy atom. The molecule has 2 rings (SSSR count). The first-order chi connectivity index (χ1) is 6.67. The van der Waals surface area contributed by atoms with E-state index in [9.17, 15) is 0 Å². The maximum Gasteiger partial charge on any atom is 0.0325 e. The van der Waals surface area contributed by atoms with Crippen LogP contribution in [-0.4, -0.2) is 6.54 Å². The third kappa shape index (κ3) is 2.16. The lowest BCUT2D eigenvalue weighted by atomic mass is 9.78. The maximum absolute atomic E-state index is 3.59. The summed E-state index contributed by atoms with van der Waals surface area (Å²) in [5.74, 6) is 0. The molecule has 0 spiro atoms. The van der Waals surface area contributed by atoms with Crippen LogP contribution in [0.3, 0.4) is 0 Å². The van der Waals surface area contributed by atoms with Gasteiger partial charge < -0.3 is 5.32 Å². The van der Waals surface area contributed by atoms with Gasteiger partial charge in [-0.3, -0.25) is 0 Å². The molecule has 14 heavy (non-hydrogen) atoms. The predicted molar refractivity (Wildman–Crippen MR) is 60.2 cm³/mol. The molecule has 0 bridgehead atoms. The van der Waals surface area contributed by atoms with E-state index in [0.29, 0.717) is 11.5 Å². The first kappa shape index (κ1) is 9.72. The Morgan fingerprint density at radius 2 is 1.93 bits per heavy atom. The van der Waals surface area contributed by atoms with Crippen molar-refractivity contribution in [2.24, 2.45) is 5.41 Å². The van der Waals surface area contributed by atoms with Crippen LogP contribution in [0.4, 0.5) is 0 Å². The molecule has 1 heterocycles. The van der Waals surface area contributed by atoms with Gasteiger partial charge in [0.15, 0.2) is 0 Å². The summed E-state index contributed by atoms with van der Waals surface area (Å²) >= 11 is 0. The number of benzene rings is 1. The molecule has 1 saturated heterocycles. The first-order valence-electron chi connectivity index (χ1n) is 5.46. The Morgan fingerprint density at radius 3 is 2.57 bits per heavy atom. The standard InChI is InChI=1S/C13H19N/c1-13(2)8-9-14-12(10-13)11-6-4-3-5-7-11/h3-7,12,14H,8-10H2,1-2H3/t12-/m0/s1. The van der Waals surface area contributed by atoms with E-state index < -0.39 is 0 Å². The van der Waals surface area contributed by atoms with Crippen molar-refractivity contribution in [2.75, 3.05) is 6.54 Å². The largest absolute Gasteiger partial charge is 0.310 e. The zero-order chi connectivity index (χ0) is 10.0. The summed E-state index contributed by atoms with van der Waals surface area (Å²) in [7, 11) is 0. The molecular weight excluding hydrogens is 170 g/mol. The van der Waals surface area contributed by atoms with E-state index in [0.717, 1.165) is 6.54 Å². The lowest BCUT2D eigenvalue weighted by Gasteiger charge is -2.36. The smallest absolute Gasteiger partial charge is 0.0325 e. The zero-order valence-corrected chi connectivity index (χ0v) is 9.09. The van der Waals surface area contributed by atoms with Gasteiger partial charge in [0.05, 0.1) is 0 Å². The lowest BCUT2D eigenvalue weighted by Crippen LogP contribution is -2.35. The fraction of sp³-hybridized carbons (Fsp3) is 0.538. The summed E-state index contributed by atoms with van der Waals surface area (Å²) in [6, 6.07) is 11.3. The fourth-order valence-electron chi connectivity index (χ4n) is 2.23. The normalized spacial score (nSPS) is 26.0. The van der Waals surface area contributed by atoms with E-state index in [1.165, 1.54) is 18.4 Å². The maximum atomic E-state index is 3.59. The van der Waals surface area contributed by atoms with E-state index in [1.807, 2.05) is 0 Å². The Labute approximate surface area is 86.5 Å². The highest BCUT2D eigenvalue weighted by molar-refractivity contribution is 5.19. The Kier molecular flexibility index (Phi) is 2.60. The second-order valence-electron chi connectivity index (χ2n) is 5.04. The van der Waals surface area contributed by atoms with Crippen LogP contribution in [0.5, 0.6) is 0 Å². The van der Waals surface area contributed by atoms with E-state index in [4.69, 9.17) is 0 Å². The first-order valence-corrected chi connectivity index (χ1v) is 5.46. The van der Waals surface area contributed by atoms with Gasteiger partial charge in [0.25, 0.3) is 0 Å². The summed E-state index contributed by atoms with van der Waals surface area (Å²) in [5, 5.41) is 3.59. The van der Waals surface area contributed by atoms with Crippen molar-refractivity contribution in [3.8, 4) is 0 Å². The molecule has 0 unspecified atom stereocenters. The molecule has 0 amide bonds. The summed E-state index contributed by atoms with van der Waals surface area (Å²) in [4.78, 5) is 0. The van der Waals surface area contributed by atoms with Crippen molar-refractivity contribution in [1.29, 1.82) is 0 Å². The van der Waals surface area contributed by atoms with Gasteiger partial charge in [0, 0.05) is 6.04 Å². The number of hydrogen-bond acceptors (Lipinski definition) is 1. The molecule has 0 radical (unpaired) electrons. The summed E-state index contributed by atoms with van der Waals surface area (Å²) in [6.45, 7) is 5.88. The average Bonchev–Trinajstić information content (AvgIpc) is 2.18. The summed E-state index contributed by atoms with van der Waals surface area (Å²) in [6.07, 6.45) is 2.54. The van der Waals surface area contributed by atoms with Gasteiger partial charge in [-0.15, -0.1) is 0 Å². The third-order valence-electron chi connectivity index (χ3n) is 3.15. The third-order valence-corrected chi connectivity index (χ3v) is 3.15. The van der Waals surface area contributed by atoms with E-state index in [1.54, 1.807) is 0 Å². The van der Waals surface area contributed by atoms with Gasteiger partial charge in [0.2, 0.25) is 0 Å². The van der Waals surface area contributed by atoms with Crippen molar-refractivity contribution in [1.82, 2.24) is 5.32 Å². The van der Waals surface area contributed by atoms with Crippen LogP contribution < -0.4 is 5.32 Å². The highest BCUT2D eigenvalue weighted by Gasteiger charge is 2.27. The molecule has 1 aromatic rings. The molecule has 1 fully saturated rings. The van der Waals surface area contributed by atoms with E-state index in [-0.39, 0.29) is 0 Å². The average molecular weight is 189 g/mol. The lowest BCUT2D eigenvalue weighted by molar-refractivity contribution is 0.210. The molecule has 0 saturated carbocycles. The zero-order valence-electron chi connectivity index (χ0n) is 9.09. The van der Waals surface area contributed by atoms with Gasteiger partial charge in [-0.1, -0.05) is 44.2 Å². The molecule has 1 aliphatic heterocycles. The van der Waals surface area contributed by atoms with Gasteiger partial charge in [-0.05, 0) is 30.4 Å². The van der Waals surface area contributed by atoms with Gasteiger partial charge in [-0.2, -0.15) is 0 Å². The molecule has 1 heteroatoms. The van der Waals surface area contributed by atoms with Gasteiger partial charge in [0.1, 0.15) is 0 Å². The monoisotopic (exact) mass is 189 g/mol. The summed E-state index contributed by atoms with van der Waals surface area (Å²) < 4.78 is 0. The van der Waals surface area contributed by atoms with E-state index in [2.05, 4.69) is 49.5 Å². The number of hydrogen-bond donors (Lipinski definition) is 1. The van der Waals surface area contributed by atoms with Crippen molar-refractivity contribution in [2.45, 2.75) is 32.7 Å². The minimum Gasteiger partial charge on any atom is -0.310 e. The predicted octanol–water partition coefficient (Wildman–Crippen LogP) is 3.14. The Balaban J connectivity index is 2.12. The molecule has 1 atom stereocenters. The van der Waals surface area contributed by atoms with Crippen molar-refractivity contribution < 1.29 is 0 Å². The minimum atomic E-state index is 0.492.